The zero-order valence-electron chi connectivity index (χ0n) is 7.38. The Labute approximate surface area is 81.0 Å². The second kappa shape index (κ2) is 3.69. The lowest BCUT2D eigenvalue weighted by molar-refractivity contribution is 0.871. The van der Waals surface area contributed by atoms with Crippen LogP contribution in [0, 0.1) is 0 Å². The molecule has 0 atom stereocenters. The molecule has 5 nitrogen and oxygen atoms in total. The van der Waals surface area contributed by atoms with Crippen LogP contribution in [0.4, 0.5) is 17.2 Å². The van der Waals surface area contributed by atoms with Crippen molar-refractivity contribution in [3.8, 4) is 0 Å². The topological polar surface area (TPSA) is 76.7 Å². The van der Waals surface area contributed by atoms with Crippen molar-refractivity contribution in [2.75, 3.05) is 11.1 Å². The Hall–Kier alpha value is -2.17. The molecule has 5 heteroatoms. The highest BCUT2D eigenvalue weighted by Crippen LogP contribution is 2.19. The van der Waals surface area contributed by atoms with E-state index in [-0.39, 0.29) is 0 Å². The van der Waals surface area contributed by atoms with E-state index in [0.717, 1.165) is 5.69 Å². The third-order valence-electron chi connectivity index (χ3n) is 1.73. The molecule has 0 unspecified atom stereocenters. The molecule has 1 heterocycles. The van der Waals surface area contributed by atoms with Gasteiger partial charge in [-0.3, -0.25) is 0 Å². The molecule has 1 aromatic carbocycles. The largest absolute Gasteiger partial charge is 0.397 e. The summed E-state index contributed by atoms with van der Waals surface area (Å²) in [7, 11) is 0. The Morgan fingerprint density at radius 1 is 1.14 bits per heavy atom. The van der Waals surface area contributed by atoms with E-state index < -0.39 is 0 Å². The van der Waals surface area contributed by atoms with E-state index in [1.165, 1.54) is 0 Å². The molecular formula is C9H9N5. The summed E-state index contributed by atoms with van der Waals surface area (Å²) in [6.07, 6.45) is 1.56. The van der Waals surface area contributed by atoms with Gasteiger partial charge >= 0.3 is 0 Å². The van der Waals surface area contributed by atoms with E-state index >= 15 is 0 Å². The third-order valence-corrected chi connectivity index (χ3v) is 1.73. The normalized spacial score (nSPS) is 9.71. The highest BCUT2D eigenvalue weighted by molar-refractivity contribution is 5.70. The quantitative estimate of drug-likeness (QED) is 0.691. The first-order valence-corrected chi connectivity index (χ1v) is 4.12. The molecule has 0 aliphatic heterocycles. The predicted molar refractivity (Wildman–Crippen MR) is 54.0 cm³/mol. The van der Waals surface area contributed by atoms with Crippen molar-refractivity contribution in [2.24, 2.45) is 0 Å². The maximum absolute atomic E-state index is 5.74. The fourth-order valence-electron chi connectivity index (χ4n) is 1.06. The minimum Gasteiger partial charge on any atom is -0.397 e. The summed E-state index contributed by atoms with van der Waals surface area (Å²) in [6, 6.07) is 9.18. The lowest BCUT2D eigenvalue weighted by atomic mass is 10.3. The average molecular weight is 187 g/mol. The molecule has 3 N–H and O–H groups in total. The van der Waals surface area contributed by atoms with Crippen molar-refractivity contribution in [2.45, 2.75) is 0 Å². The smallest absolute Gasteiger partial charge is 0.156 e. The van der Waals surface area contributed by atoms with E-state index in [0.29, 0.717) is 11.5 Å². The van der Waals surface area contributed by atoms with Crippen LogP contribution < -0.4 is 11.1 Å². The number of nitrogens with one attached hydrogen (secondary N) is 1. The monoisotopic (exact) mass is 187 g/mol. The van der Waals surface area contributed by atoms with Gasteiger partial charge in [-0.25, -0.2) is 0 Å². The summed E-state index contributed by atoms with van der Waals surface area (Å²) in [6.45, 7) is 0. The van der Waals surface area contributed by atoms with Crippen LogP contribution in [-0.2, 0) is 0 Å². The first kappa shape index (κ1) is 8.43. The number of hydrogen-bond donors (Lipinski definition) is 2. The van der Waals surface area contributed by atoms with Gasteiger partial charge in [-0.1, -0.05) is 12.1 Å². The van der Waals surface area contributed by atoms with Crippen LogP contribution >= 0.6 is 0 Å². The van der Waals surface area contributed by atoms with E-state index in [9.17, 15) is 0 Å². The summed E-state index contributed by atoms with van der Waals surface area (Å²) in [4.78, 5) is 0. The van der Waals surface area contributed by atoms with Gasteiger partial charge in [0, 0.05) is 6.07 Å². The average Bonchev–Trinajstić information content (AvgIpc) is 2.23. The number of benzene rings is 1. The molecule has 0 saturated heterocycles. The van der Waals surface area contributed by atoms with E-state index in [1.54, 1.807) is 12.3 Å². The fraction of sp³-hybridized carbons (Fsp3) is 0. The zero-order chi connectivity index (χ0) is 9.80. The Morgan fingerprint density at radius 2 is 2.00 bits per heavy atom. The minimum atomic E-state index is 0.623. The van der Waals surface area contributed by atoms with Crippen LogP contribution in [-0.4, -0.2) is 15.4 Å². The van der Waals surface area contributed by atoms with Gasteiger partial charge in [0.15, 0.2) is 5.82 Å². The van der Waals surface area contributed by atoms with Crippen LogP contribution in [0.2, 0.25) is 0 Å². The second-order valence-electron chi connectivity index (χ2n) is 2.72. The number of para-hydroxylation sites is 2. The Bertz CT molecular complexity index is 415. The maximum atomic E-state index is 5.74. The summed E-state index contributed by atoms with van der Waals surface area (Å²) in [5, 5.41) is 13.9. The van der Waals surface area contributed by atoms with Crippen LogP contribution in [0.3, 0.4) is 0 Å². The maximum Gasteiger partial charge on any atom is 0.156 e. The molecule has 0 bridgehead atoms. The van der Waals surface area contributed by atoms with E-state index in [2.05, 4.69) is 20.7 Å². The molecule has 0 radical (unpaired) electrons. The lowest BCUT2D eigenvalue weighted by Crippen LogP contribution is -1.99. The van der Waals surface area contributed by atoms with Gasteiger partial charge < -0.3 is 11.1 Å². The molecule has 2 aromatic rings. The van der Waals surface area contributed by atoms with Crippen LogP contribution in [0.25, 0.3) is 0 Å². The number of nitrogen functional groups attached to an aromatic ring is 1. The molecule has 0 saturated carbocycles. The van der Waals surface area contributed by atoms with Crippen LogP contribution in [0.5, 0.6) is 0 Å². The highest BCUT2D eigenvalue weighted by atomic mass is 15.3. The first-order chi connectivity index (χ1) is 6.86. The van der Waals surface area contributed by atoms with Gasteiger partial charge in [0.1, 0.15) is 0 Å². The Balaban J connectivity index is 2.24. The SMILES string of the molecule is Nc1ccccc1Nc1ccnnn1. The third kappa shape index (κ3) is 1.77. The van der Waals surface area contributed by atoms with E-state index in [1.807, 2.05) is 24.3 Å². The molecular weight excluding hydrogens is 178 g/mol. The van der Waals surface area contributed by atoms with Crippen molar-refractivity contribution in [1.82, 2.24) is 15.4 Å². The summed E-state index contributed by atoms with van der Waals surface area (Å²) < 4.78 is 0. The van der Waals surface area contributed by atoms with E-state index in [4.69, 9.17) is 5.73 Å². The molecule has 0 spiro atoms. The first-order valence-electron chi connectivity index (χ1n) is 4.12. The number of anilines is 3. The molecule has 14 heavy (non-hydrogen) atoms. The molecule has 0 amide bonds. The van der Waals surface area contributed by atoms with Gasteiger partial charge in [-0.2, -0.15) is 0 Å². The molecule has 2 rings (SSSR count). The van der Waals surface area contributed by atoms with Gasteiger partial charge in [0.2, 0.25) is 0 Å². The summed E-state index contributed by atoms with van der Waals surface area (Å²) in [5.74, 6) is 0.623. The van der Waals surface area contributed by atoms with Crippen molar-refractivity contribution in [3.05, 3.63) is 36.5 Å². The zero-order valence-corrected chi connectivity index (χ0v) is 7.38. The van der Waals surface area contributed by atoms with Gasteiger partial charge in [-0.15, -0.1) is 10.2 Å². The number of rotatable bonds is 2. The molecule has 0 aliphatic rings. The highest BCUT2D eigenvalue weighted by Gasteiger charge is 1.98. The lowest BCUT2D eigenvalue weighted by Gasteiger charge is -2.06. The molecule has 0 fully saturated rings. The van der Waals surface area contributed by atoms with Gasteiger partial charge in [-0.05, 0) is 17.3 Å². The second-order valence-corrected chi connectivity index (χ2v) is 2.72. The Kier molecular flexibility index (Phi) is 2.22. The fourth-order valence-corrected chi connectivity index (χ4v) is 1.06. The number of hydrogen-bond acceptors (Lipinski definition) is 5. The van der Waals surface area contributed by atoms with Gasteiger partial charge in [0.05, 0.1) is 17.6 Å². The van der Waals surface area contributed by atoms with Crippen molar-refractivity contribution >= 4 is 17.2 Å². The van der Waals surface area contributed by atoms with Crippen LogP contribution in [0.1, 0.15) is 0 Å². The molecule has 70 valence electrons. The summed E-state index contributed by atoms with van der Waals surface area (Å²) in [5.41, 5.74) is 7.23. The number of nitrogens with two attached hydrogens (primary N) is 1. The standard InChI is InChI=1S/C9H9N5/c10-7-3-1-2-4-8(7)12-9-5-6-11-14-13-9/h1-6H,10H2,(H,11,12,13). The predicted octanol–water partition coefficient (Wildman–Crippen LogP) is 1.20. The number of nitrogens with zero attached hydrogens (tertiary/aromatic N) is 3. The summed E-state index contributed by atoms with van der Waals surface area (Å²) >= 11 is 0. The number of aromatic nitrogens is 3. The van der Waals surface area contributed by atoms with Crippen LogP contribution in [0.15, 0.2) is 36.5 Å². The van der Waals surface area contributed by atoms with Crippen molar-refractivity contribution in [1.29, 1.82) is 0 Å². The molecule has 0 aliphatic carbocycles. The minimum absolute atomic E-state index is 0.623. The van der Waals surface area contributed by atoms with Crippen molar-refractivity contribution < 1.29 is 0 Å². The van der Waals surface area contributed by atoms with Gasteiger partial charge in [0.25, 0.3) is 0 Å². The molecule has 1 aromatic heterocycles. The van der Waals surface area contributed by atoms with Crippen molar-refractivity contribution in [3.63, 3.8) is 0 Å². The Morgan fingerprint density at radius 3 is 2.71 bits per heavy atom.